The Labute approximate surface area is 111 Å². The molecule has 2 rings (SSSR count). The molecule has 3 nitrogen and oxygen atoms in total. The number of hydrogen-bond donors (Lipinski definition) is 1. The van der Waals surface area contributed by atoms with E-state index in [1.807, 2.05) is 6.07 Å². The topological polar surface area (TPSA) is 46.5 Å². The van der Waals surface area contributed by atoms with Crippen LogP contribution in [0.15, 0.2) is 54.6 Å². The molecule has 1 N–H and O–H groups in total. The zero-order valence-corrected chi connectivity index (χ0v) is 10.5. The van der Waals surface area contributed by atoms with Gasteiger partial charge in [0.1, 0.15) is 11.5 Å². The summed E-state index contributed by atoms with van der Waals surface area (Å²) in [5, 5.41) is 9.17. The van der Waals surface area contributed by atoms with Crippen LogP contribution in [0, 0.1) is 0 Å². The standard InChI is InChI=1S/C16H14O3/c1-19-16-5-3-2-4-14(16)15(18)11-8-12-6-9-13(17)10-7-12/h2-11,17H,1H3. The van der Waals surface area contributed by atoms with Crippen molar-refractivity contribution in [3.05, 3.63) is 65.7 Å². The molecule has 0 unspecified atom stereocenters. The summed E-state index contributed by atoms with van der Waals surface area (Å²) < 4.78 is 5.15. The van der Waals surface area contributed by atoms with Crippen LogP contribution in [0.3, 0.4) is 0 Å². The molecule has 0 radical (unpaired) electrons. The number of phenolic OH excluding ortho intramolecular Hbond substituents is 1. The maximum Gasteiger partial charge on any atom is 0.189 e. The molecule has 0 bridgehead atoms. The van der Waals surface area contributed by atoms with E-state index in [4.69, 9.17) is 4.74 Å². The highest BCUT2D eigenvalue weighted by Crippen LogP contribution is 2.19. The van der Waals surface area contributed by atoms with E-state index in [9.17, 15) is 9.90 Å². The Kier molecular flexibility index (Phi) is 3.98. The van der Waals surface area contributed by atoms with Gasteiger partial charge in [0.2, 0.25) is 0 Å². The van der Waals surface area contributed by atoms with E-state index >= 15 is 0 Å². The van der Waals surface area contributed by atoms with E-state index in [0.29, 0.717) is 11.3 Å². The Balaban J connectivity index is 2.19. The van der Waals surface area contributed by atoms with Crippen LogP contribution in [0.4, 0.5) is 0 Å². The first-order valence-electron chi connectivity index (χ1n) is 5.85. The van der Waals surface area contributed by atoms with E-state index in [1.54, 1.807) is 48.5 Å². The number of para-hydroxylation sites is 1. The van der Waals surface area contributed by atoms with Gasteiger partial charge < -0.3 is 9.84 Å². The number of ether oxygens (including phenoxy) is 1. The van der Waals surface area contributed by atoms with Crippen molar-refractivity contribution in [2.45, 2.75) is 0 Å². The van der Waals surface area contributed by atoms with Crippen LogP contribution >= 0.6 is 0 Å². The van der Waals surface area contributed by atoms with Crippen molar-refractivity contribution in [1.82, 2.24) is 0 Å². The number of aromatic hydroxyl groups is 1. The summed E-state index contributed by atoms with van der Waals surface area (Å²) in [7, 11) is 1.54. The zero-order chi connectivity index (χ0) is 13.7. The molecular weight excluding hydrogens is 240 g/mol. The summed E-state index contributed by atoms with van der Waals surface area (Å²) in [4.78, 5) is 12.0. The Hall–Kier alpha value is -2.55. The molecule has 0 spiro atoms. The molecule has 2 aromatic rings. The summed E-state index contributed by atoms with van der Waals surface area (Å²) in [5.41, 5.74) is 1.38. The van der Waals surface area contributed by atoms with Crippen molar-refractivity contribution in [3.63, 3.8) is 0 Å². The highest BCUT2D eigenvalue weighted by atomic mass is 16.5. The lowest BCUT2D eigenvalue weighted by Gasteiger charge is -2.04. The van der Waals surface area contributed by atoms with E-state index in [-0.39, 0.29) is 11.5 Å². The number of methoxy groups -OCH3 is 1. The Bertz CT molecular complexity index is 598. The smallest absolute Gasteiger partial charge is 0.189 e. The maximum absolute atomic E-state index is 12.0. The average Bonchev–Trinajstić information content (AvgIpc) is 2.46. The van der Waals surface area contributed by atoms with Crippen LogP contribution in [-0.2, 0) is 0 Å². The van der Waals surface area contributed by atoms with E-state index in [1.165, 1.54) is 13.2 Å². The van der Waals surface area contributed by atoms with Crippen LogP contribution in [0.25, 0.3) is 6.08 Å². The second-order valence-electron chi connectivity index (χ2n) is 3.99. The lowest BCUT2D eigenvalue weighted by Crippen LogP contribution is -1.98. The number of ketones is 1. The number of benzene rings is 2. The number of carbonyl (C=O) groups is 1. The molecule has 0 aromatic heterocycles. The molecule has 0 amide bonds. The molecule has 0 heterocycles. The number of rotatable bonds is 4. The fraction of sp³-hybridized carbons (Fsp3) is 0.0625. The van der Waals surface area contributed by atoms with Gasteiger partial charge in [-0.25, -0.2) is 0 Å². The van der Waals surface area contributed by atoms with Crippen LogP contribution in [0.2, 0.25) is 0 Å². The van der Waals surface area contributed by atoms with Gasteiger partial charge in [-0.15, -0.1) is 0 Å². The zero-order valence-electron chi connectivity index (χ0n) is 10.5. The van der Waals surface area contributed by atoms with E-state index < -0.39 is 0 Å². The first kappa shape index (κ1) is 12.9. The van der Waals surface area contributed by atoms with Gasteiger partial charge in [-0.2, -0.15) is 0 Å². The molecule has 96 valence electrons. The number of carbonyl (C=O) groups excluding carboxylic acids is 1. The lowest BCUT2D eigenvalue weighted by atomic mass is 10.1. The summed E-state index contributed by atoms with van der Waals surface area (Å²) in [6, 6.07) is 13.7. The molecular formula is C16H14O3. The fourth-order valence-electron chi connectivity index (χ4n) is 1.70. The highest BCUT2D eigenvalue weighted by Gasteiger charge is 2.07. The van der Waals surface area contributed by atoms with Gasteiger partial charge in [0, 0.05) is 0 Å². The molecule has 0 aliphatic rings. The van der Waals surface area contributed by atoms with Gasteiger partial charge >= 0.3 is 0 Å². The van der Waals surface area contributed by atoms with E-state index in [2.05, 4.69) is 0 Å². The third-order valence-corrected chi connectivity index (χ3v) is 2.69. The Morgan fingerprint density at radius 1 is 1.11 bits per heavy atom. The second kappa shape index (κ2) is 5.87. The summed E-state index contributed by atoms with van der Waals surface area (Å²) in [5.74, 6) is 0.640. The van der Waals surface area contributed by atoms with Gasteiger partial charge in [0.15, 0.2) is 5.78 Å². The molecule has 0 aliphatic carbocycles. The summed E-state index contributed by atoms with van der Waals surface area (Å²) >= 11 is 0. The van der Waals surface area contributed by atoms with Gasteiger partial charge in [-0.1, -0.05) is 30.3 Å². The van der Waals surface area contributed by atoms with Crippen molar-refractivity contribution in [2.75, 3.05) is 7.11 Å². The highest BCUT2D eigenvalue weighted by molar-refractivity contribution is 6.08. The van der Waals surface area contributed by atoms with E-state index in [0.717, 1.165) is 5.56 Å². The number of allylic oxidation sites excluding steroid dienone is 1. The number of phenols is 1. The van der Waals surface area contributed by atoms with Crippen LogP contribution < -0.4 is 4.74 Å². The van der Waals surface area contributed by atoms with Crippen molar-refractivity contribution in [1.29, 1.82) is 0 Å². The molecule has 0 fully saturated rings. The normalized spacial score (nSPS) is 10.6. The minimum Gasteiger partial charge on any atom is -0.508 e. The first-order chi connectivity index (χ1) is 9.20. The molecule has 2 aromatic carbocycles. The third-order valence-electron chi connectivity index (χ3n) is 2.69. The van der Waals surface area contributed by atoms with Crippen molar-refractivity contribution >= 4 is 11.9 Å². The first-order valence-corrected chi connectivity index (χ1v) is 5.85. The van der Waals surface area contributed by atoms with Gasteiger partial charge in [0.05, 0.1) is 12.7 Å². The van der Waals surface area contributed by atoms with Crippen LogP contribution in [0.1, 0.15) is 15.9 Å². The monoisotopic (exact) mass is 254 g/mol. The molecule has 0 saturated carbocycles. The van der Waals surface area contributed by atoms with Crippen molar-refractivity contribution in [3.8, 4) is 11.5 Å². The van der Waals surface area contributed by atoms with Gasteiger partial charge in [-0.05, 0) is 35.9 Å². The second-order valence-corrected chi connectivity index (χ2v) is 3.99. The molecule has 0 saturated heterocycles. The average molecular weight is 254 g/mol. The summed E-state index contributed by atoms with van der Waals surface area (Å²) in [6.45, 7) is 0. The van der Waals surface area contributed by atoms with Gasteiger partial charge in [-0.3, -0.25) is 4.79 Å². The number of hydrogen-bond acceptors (Lipinski definition) is 3. The third kappa shape index (κ3) is 3.22. The summed E-state index contributed by atoms with van der Waals surface area (Å²) in [6.07, 6.45) is 3.19. The van der Waals surface area contributed by atoms with Crippen molar-refractivity contribution in [2.24, 2.45) is 0 Å². The maximum atomic E-state index is 12.0. The van der Waals surface area contributed by atoms with Crippen LogP contribution in [0.5, 0.6) is 11.5 Å². The van der Waals surface area contributed by atoms with Crippen LogP contribution in [-0.4, -0.2) is 18.0 Å². The Morgan fingerprint density at radius 2 is 1.79 bits per heavy atom. The minimum absolute atomic E-state index is 0.120. The largest absolute Gasteiger partial charge is 0.508 e. The van der Waals surface area contributed by atoms with Gasteiger partial charge in [0.25, 0.3) is 0 Å². The SMILES string of the molecule is COc1ccccc1C(=O)C=Cc1ccc(O)cc1. The quantitative estimate of drug-likeness (QED) is 0.672. The molecule has 19 heavy (non-hydrogen) atoms. The molecule has 0 aliphatic heterocycles. The molecule has 0 atom stereocenters. The fourth-order valence-corrected chi connectivity index (χ4v) is 1.70. The minimum atomic E-state index is -0.120. The predicted octanol–water partition coefficient (Wildman–Crippen LogP) is 3.30. The Morgan fingerprint density at radius 3 is 2.47 bits per heavy atom. The molecule has 3 heteroatoms. The lowest BCUT2D eigenvalue weighted by molar-refractivity contribution is 0.104. The predicted molar refractivity (Wildman–Crippen MR) is 74.5 cm³/mol. The van der Waals surface area contributed by atoms with Crippen molar-refractivity contribution < 1.29 is 14.6 Å².